The molecule has 4 heterocycles. The SMILES string of the molecule is CCOC(=O)Cn1c(C)cc(=O)n2cc(-c3ccc(Cl)cc3)nc12.Cc1cc(=O)n2cc(-c3ccc(Cl)cc3)nc2[nH]1. The zero-order valence-corrected chi connectivity index (χ0v) is 24.5. The fourth-order valence-corrected chi connectivity index (χ4v) is 4.61. The van der Waals surface area contributed by atoms with Crippen molar-refractivity contribution in [1.82, 2.24) is 28.3 Å². The van der Waals surface area contributed by atoms with E-state index in [0.717, 1.165) is 22.5 Å². The fourth-order valence-electron chi connectivity index (χ4n) is 4.36. The van der Waals surface area contributed by atoms with Gasteiger partial charge in [0.25, 0.3) is 11.1 Å². The Morgan fingerprint density at radius 3 is 1.98 bits per heavy atom. The van der Waals surface area contributed by atoms with E-state index in [4.69, 9.17) is 27.9 Å². The van der Waals surface area contributed by atoms with E-state index >= 15 is 0 Å². The molecule has 6 rings (SSSR count). The summed E-state index contributed by atoms with van der Waals surface area (Å²) in [4.78, 5) is 47.8. The molecule has 0 saturated heterocycles. The standard InChI is InChI=1S/C17H16ClN3O3.C13H10ClN3O/c1-3-24-16(23)10-20-11(2)8-15(22)21-9-14(19-17(20)21)12-4-6-13(18)7-5-12;1-8-6-12(18)17-7-11(16-13(17)15-8)9-2-4-10(14)5-3-9/h4-9H,3,10H2,1-2H3;2-7H,1H3,(H,15,16). The van der Waals surface area contributed by atoms with Crippen molar-refractivity contribution in [3.05, 3.63) is 115 Å². The van der Waals surface area contributed by atoms with Crippen molar-refractivity contribution < 1.29 is 9.53 Å². The van der Waals surface area contributed by atoms with Gasteiger partial charge in [-0.25, -0.2) is 9.97 Å². The largest absolute Gasteiger partial charge is 0.465 e. The lowest BCUT2D eigenvalue weighted by atomic mass is 10.2. The molecular weight excluding hydrogens is 579 g/mol. The summed E-state index contributed by atoms with van der Waals surface area (Å²) in [6, 6.07) is 17.5. The van der Waals surface area contributed by atoms with E-state index in [2.05, 4.69) is 15.0 Å². The number of nitrogens with one attached hydrogen (secondary N) is 1. The Morgan fingerprint density at radius 1 is 0.833 bits per heavy atom. The van der Waals surface area contributed by atoms with Gasteiger partial charge in [0.1, 0.15) is 6.54 Å². The summed E-state index contributed by atoms with van der Waals surface area (Å²) < 4.78 is 9.58. The van der Waals surface area contributed by atoms with Gasteiger partial charge in [-0.15, -0.1) is 0 Å². The van der Waals surface area contributed by atoms with E-state index in [1.165, 1.54) is 14.9 Å². The molecule has 0 atom stereocenters. The van der Waals surface area contributed by atoms with Gasteiger partial charge in [-0.3, -0.25) is 23.2 Å². The molecule has 10 nitrogen and oxygen atoms in total. The Labute approximate surface area is 249 Å². The first-order chi connectivity index (χ1) is 20.1. The molecule has 0 aliphatic carbocycles. The van der Waals surface area contributed by atoms with Crippen LogP contribution in [0.3, 0.4) is 0 Å². The third-order valence-corrected chi connectivity index (χ3v) is 6.89. The minimum absolute atomic E-state index is 0.000520. The highest BCUT2D eigenvalue weighted by atomic mass is 35.5. The second-order valence-corrected chi connectivity index (χ2v) is 10.3. The van der Waals surface area contributed by atoms with Gasteiger partial charge >= 0.3 is 5.97 Å². The number of aromatic nitrogens is 6. The van der Waals surface area contributed by atoms with Gasteiger partial charge in [-0.05, 0) is 45.0 Å². The van der Waals surface area contributed by atoms with E-state index < -0.39 is 0 Å². The molecule has 214 valence electrons. The first kappa shape index (κ1) is 28.8. The number of rotatable bonds is 5. The summed E-state index contributed by atoms with van der Waals surface area (Å²) in [5.41, 5.74) is 4.29. The van der Waals surface area contributed by atoms with E-state index in [-0.39, 0.29) is 23.6 Å². The number of benzene rings is 2. The van der Waals surface area contributed by atoms with Crippen LogP contribution in [-0.4, -0.2) is 40.9 Å². The number of carbonyl (C=O) groups is 1. The van der Waals surface area contributed by atoms with E-state index in [1.807, 2.05) is 31.2 Å². The average Bonchev–Trinajstić information content (AvgIpc) is 3.58. The number of H-pyrrole nitrogens is 1. The molecule has 0 aliphatic rings. The molecule has 2 aromatic carbocycles. The lowest BCUT2D eigenvalue weighted by Gasteiger charge is -2.10. The van der Waals surface area contributed by atoms with Crippen LogP contribution in [-0.2, 0) is 16.1 Å². The Bertz CT molecular complexity index is 2020. The molecule has 6 aromatic rings. The van der Waals surface area contributed by atoms with Crippen LogP contribution in [0.4, 0.5) is 0 Å². The molecule has 0 amide bonds. The van der Waals surface area contributed by atoms with Crippen LogP contribution in [0.1, 0.15) is 18.3 Å². The maximum atomic E-state index is 12.2. The number of ether oxygens (including phenoxy) is 1. The van der Waals surface area contributed by atoms with Crippen LogP contribution < -0.4 is 11.1 Å². The highest BCUT2D eigenvalue weighted by molar-refractivity contribution is 6.30. The highest BCUT2D eigenvalue weighted by Gasteiger charge is 2.15. The number of aromatic amines is 1. The van der Waals surface area contributed by atoms with Crippen molar-refractivity contribution in [2.24, 2.45) is 0 Å². The number of fused-ring (bicyclic) bond motifs is 2. The van der Waals surface area contributed by atoms with Crippen LogP contribution in [0, 0.1) is 13.8 Å². The Morgan fingerprint density at radius 2 is 1.38 bits per heavy atom. The molecule has 4 aromatic heterocycles. The monoisotopic (exact) mass is 604 g/mol. The van der Waals surface area contributed by atoms with Gasteiger partial charge in [0.05, 0.1) is 18.0 Å². The maximum Gasteiger partial charge on any atom is 0.326 e. The molecular formula is C30H26Cl2N6O4. The number of carbonyl (C=O) groups excluding carboxylic acids is 1. The van der Waals surface area contributed by atoms with Crippen LogP contribution in [0.2, 0.25) is 10.0 Å². The van der Waals surface area contributed by atoms with Crippen LogP contribution in [0.5, 0.6) is 0 Å². The average molecular weight is 605 g/mol. The highest BCUT2D eigenvalue weighted by Crippen LogP contribution is 2.22. The predicted molar refractivity (Wildman–Crippen MR) is 162 cm³/mol. The van der Waals surface area contributed by atoms with Crippen LogP contribution in [0.25, 0.3) is 34.1 Å². The second-order valence-electron chi connectivity index (χ2n) is 9.44. The second kappa shape index (κ2) is 12.1. The molecule has 0 fully saturated rings. The van der Waals surface area contributed by atoms with Gasteiger partial charge < -0.3 is 14.3 Å². The van der Waals surface area contributed by atoms with E-state index in [9.17, 15) is 14.4 Å². The summed E-state index contributed by atoms with van der Waals surface area (Å²) in [5.74, 6) is 0.574. The number of aryl methyl sites for hydroxylation is 2. The van der Waals surface area contributed by atoms with Gasteiger partial charge in [0.15, 0.2) is 0 Å². The third-order valence-electron chi connectivity index (χ3n) is 6.39. The summed E-state index contributed by atoms with van der Waals surface area (Å²) in [7, 11) is 0. The number of hydrogen-bond donors (Lipinski definition) is 1. The molecule has 42 heavy (non-hydrogen) atoms. The Kier molecular flexibility index (Phi) is 8.28. The summed E-state index contributed by atoms with van der Waals surface area (Å²) >= 11 is 11.7. The fraction of sp³-hybridized carbons (Fsp3) is 0.167. The first-order valence-electron chi connectivity index (χ1n) is 13.0. The third kappa shape index (κ3) is 6.14. The smallest absolute Gasteiger partial charge is 0.326 e. The maximum absolute atomic E-state index is 12.2. The van der Waals surface area contributed by atoms with Gasteiger partial charge in [-0.1, -0.05) is 47.5 Å². The molecule has 0 unspecified atom stereocenters. The summed E-state index contributed by atoms with van der Waals surface area (Å²) in [6.07, 6.45) is 3.37. The van der Waals surface area contributed by atoms with Crippen LogP contribution in [0.15, 0.2) is 82.6 Å². The van der Waals surface area contributed by atoms with E-state index in [0.29, 0.717) is 39.6 Å². The van der Waals surface area contributed by atoms with Gasteiger partial charge in [-0.2, -0.15) is 0 Å². The van der Waals surface area contributed by atoms with Crippen molar-refractivity contribution in [3.8, 4) is 22.5 Å². The lowest BCUT2D eigenvalue weighted by Crippen LogP contribution is -2.22. The Hall–Kier alpha value is -4.67. The van der Waals surface area contributed by atoms with Crippen LogP contribution >= 0.6 is 23.2 Å². The zero-order valence-electron chi connectivity index (χ0n) is 23.0. The molecule has 0 saturated carbocycles. The number of nitrogens with zero attached hydrogens (tertiary/aromatic N) is 5. The van der Waals surface area contributed by atoms with Crippen molar-refractivity contribution in [2.45, 2.75) is 27.3 Å². The Balaban J connectivity index is 0.000000175. The molecule has 1 N–H and O–H groups in total. The molecule has 0 spiro atoms. The zero-order chi connectivity index (χ0) is 30.0. The van der Waals surface area contributed by atoms with Crippen molar-refractivity contribution in [1.29, 1.82) is 0 Å². The molecule has 0 radical (unpaired) electrons. The van der Waals surface area contributed by atoms with Crippen molar-refractivity contribution in [3.63, 3.8) is 0 Å². The van der Waals surface area contributed by atoms with Gasteiger partial charge in [0, 0.05) is 57.1 Å². The van der Waals surface area contributed by atoms with E-state index in [1.54, 1.807) is 61.1 Å². The first-order valence-corrected chi connectivity index (χ1v) is 13.7. The minimum Gasteiger partial charge on any atom is -0.465 e. The lowest BCUT2D eigenvalue weighted by molar-refractivity contribution is -0.143. The number of imidazole rings is 2. The van der Waals surface area contributed by atoms with Crippen molar-refractivity contribution in [2.75, 3.05) is 6.61 Å². The minimum atomic E-state index is -0.373. The molecule has 0 bridgehead atoms. The molecule has 0 aliphatic heterocycles. The summed E-state index contributed by atoms with van der Waals surface area (Å²) in [6.45, 7) is 5.65. The number of halogens is 2. The van der Waals surface area contributed by atoms with Crippen molar-refractivity contribution >= 4 is 40.7 Å². The predicted octanol–water partition coefficient (Wildman–Crippen LogP) is 5.34. The normalized spacial score (nSPS) is 11.0. The topological polar surface area (TPSA) is 116 Å². The van der Waals surface area contributed by atoms with Gasteiger partial charge in [0.2, 0.25) is 11.6 Å². The molecule has 12 heteroatoms. The number of hydrogen-bond acceptors (Lipinski definition) is 6. The number of esters is 1. The quantitative estimate of drug-likeness (QED) is 0.266. The summed E-state index contributed by atoms with van der Waals surface area (Å²) in [5, 5.41) is 1.30.